The van der Waals surface area contributed by atoms with E-state index in [0.717, 1.165) is 18.8 Å². The second kappa shape index (κ2) is 8.50. The monoisotopic (exact) mass is 265 g/mol. The highest BCUT2D eigenvalue weighted by Crippen LogP contribution is 2.11. The minimum atomic E-state index is -0.300. The fourth-order valence-electron chi connectivity index (χ4n) is 1.65. The van der Waals surface area contributed by atoms with Crippen molar-refractivity contribution in [2.75, 3.05) is 26.7 Å². The summed E-state index contributed by atoms with van der Waals surface area (Å²) in [6.07, 6.45) is 2.41. The van der Waals surface area contributed by atoms with Crippen LogP contribution in [0.25, 0.3) is 0 Å². The first-order valence-electron chi connectivity index (χ1n) is 6.59. The Hall–Kier alpha value is -1.59. The van der Waals surface area contributed by atoms with Gasteiger partial charge < -0.3 is 9.64 Å². The molecular formula is C14H23N3O2. The summed E-state index contributed by atoms with van der Waals surface area (Å²) >= 11 is 0. The van der Waals surface area contributed by atoms with Crippen molar-refractivity contribution in [2.24, 2.45) is 5.84 Å². The molecule has 0 saturated carbocycles. The molecule has 0 aliphatic carbocycles. The van der Waals surface area contributed by atoms with Crippen molar-refractivity contribution in [3.8, 4) is 5.75 Å². The number of amides is 1. The van der Waals surface area contributed by atoms with Gasteiger partial charge in [-0.05, 0) is 44.3 Å². The van der Waals surface area contributed by atoms with Gasteiger partial charge in [0.1, 0.15) is 12.4 Å². The first-order chi connectivity index (χ1) is 9.17. The van der Waals surface area contributed by atoms with Crippen LogP contribution in [0, 0.1) is 0 Å². The molecule has 0 unspecified atom stereocenters. The van der Waals surface area contributed by atoms with Crippen LogP contribution in [0.3, 0.4) is 0 Å². The highest BCUT2D eigenvalue weighted by atomic mass is 16.5. The fourth-order valence-corrected chi connectivity index (χ4v) is 1.65. The number of carbonyl (C=O) groups excluding carboxylic acids is 1. The van der Waals surface area contributed by atoms with E-state index in [2.05, 4.69) is 24.3 Å². The van der Waals surface area contributed by atoms with Crippen LogP contribution in [0.2, 0.25) is 0 Å². The molecule has 0 radical (unpaired) electrons. The van der Waals surface area contributed by atoms with Gasteiger partial charge in [-0.25, -0.2) is 5.84 Å². The molecule has 1 amide bonds. The molecule has 0 aliphatic heterocycles. The Bertz CT molecular complexity index is 379. The summed E-state index contributed by atoms with van der Waals surface area (Å²) in [5, 5.41) is 0. The maximum atomic E-state index is 11.2. The maximum Gasteiger partial charge on any atom is 0.265 e. The van der Waals surface area contributed by atoms with Crippen LogP contribution in [0.4, 0.5) is 0 Å². The minimum absolute atomic E-state index is 0.300. The third-order valence-electron chi connectivity index (χ3n) is 2.88. The minimum Gasteiger partial charge on any atom is -0.492 e. The normalized spacial score (nSPS) is 10.5. The summed E-state index contributed by atoms with van der Waals surface area (Å²) in [7, 11) is 2.09. The molecular weight excluding hydrogens is 242 g/mol. The van der Waals surface area contributed by atoms with E-state index in [4.69, 9.17) is 10.6 Å². The van der Waals surface area contributed by atoms with Crippen LogP contribution >= 0.6 is 0 Å². The van der Waals surface area contributed by atoms with E-state index in [1.807, 2.05) is 0 Å². The number of nitrogens with zero attached hydrogens (tertiary/aromatic N) is 1. The number of nitrogens with two attached hydrogens (primary N) is 1. The van der Waals surface area contributed by atoms with Gasteiger partial charge in [0, 0.05) is 12.1 Å². The molecule has 1 aromatic carbocycles. The first kappa shape index (κ1) is 15.5. The van der Waals surface area contributed by atoms with Gasteiger partial charge in [0.2, 0.25) is 0 Å². The van der Waals surface area contributed by atoms with Crippen LogP contribution in [0.15, 0.2) is 24.3 Å². The van der Waals surface area contributed by atoms with Gasteiger partial charge in [0.05, 0.1) is 0 Å². The lowest BCUT2D eigenvalue weighted by Crippen LogP contribution is -2.29. The lowest BCUT2D eigenvalue weighted by Gasteiger charge is -2.16. The number of nitrogen functional groups attached to an aromatic ring is 1. The highest BCUT2D eigenvalue weighted by molar-refractivity contribution is 5.93. The molecule has 106 valence electrons. The van der Waals surface area contributed by atoms with Crippen molar-refractivity contribution in [1.82, 2.24) is 10.3 Å². The number of unbranched alkanes of at least 4 members (excludes halogenated alkanes) is 1. The molecule has 0 aliphatic rings. The van der Waals surface area contributed by atoms with E-state index in [-0.39, 0.29) is 5.91 Å². The lowest BCUT2D eigenvalue weighted by atomic mass is 10.2. The Kier molecular flexibility index (Phi) is 6.92. The second-order valence-corrected chi connectivity index (χ2v) is 4.50. The summed E-state index contributed by atoms with van der Waals surface area (Å²) in [6, 6.07) is 6.93. The van der Waals surface area contributed by atoms with Gasteiger partial charge in [-0.2, -0.15) is 0 Å². The average Bonchev–Trinajstić information content (AvgIpc) is 2.45. The fraction of sp³-hybridized carbons (Fsp3) is 0.500. The Morgan fingerprint density at radius 2 is 2.00 bits per heavy atom. The molecule has 0 atom stereocenters. The van der Waals surface area contributed by atoms with E-state index < -0.39 is 0 Å². The molecule has 0 bridgehead atoms. The topological polar surface area (TPSA) is 67.6 Å². The number of benzene rings is 1. The molecule has 3 N–H and O–H groups in total. The third kappa shape index (κ3) is 5.72. The third-order valence-corrected chi connectivity index (χ3v) is 2.88. The van der Waals surface area contributed by atoms with Crippen LogP contribution in [0.1, 0.15) is 30.1 Å². The predicted octanol–water partition coefficient (Wildman–Crippen LogP) is 1.40. The van der Waals surface area contributed by atoms with E-state index in [0.29, 0.717) is 12.2 Å². The van der Waals surface area contributed by atoms with Gasteiger partial charge in [0.25, 0.3) is 5.91 Å². The molecule has 0 heterocycles. The van der Waals surface area contributed by atoms with E-state index in [1.165, 1.54) is 12.8 Å². The first-order valence-corrected chi connectivity index (χ1v) is 6.59. The number of hydrogen-bond donors (Lipinski definition) is 2. The number of likely N-dealkylation sites (N-methyl/N-ethyl adjacent to an activating group) is 1. The molecule has 0 fully saturated rings. The standard InChI is InChI=1S/C14H23N3O2/c1-3-4-9-17(2)10-11-19-13-7-5-12(6-8-13)14(18)16-15/h5-8H,3-4,9-11,15H2,1-2H3,(H,16,18). The van der Waals surface area contributed by atoms with Crippen molar-refractivity contribution in [2.45, 2.75) is 19.8 Å². The lowest BCUT2D eigenvalue weighted by molar-refractivity contribution is 0.0953. The highest BCUT2D eigenvalue weighted by Gasteiger charge is 2.03. The summed E-state index contributed by atoms with van der Waals surface area (Å²) in [6.45, 7) is 4.81. The molecule has 19 heavy (non-hydrogen) atoms. The van der Waals surface area contributed by atoms with Crippen LogP contribution in [-0.4, -0.2) is 37.6 Å². The van der Waals surface area contributed by atoms with Crippen molar-refractivity contribution in [3.05, 3.63) is 29.8 Å². The quantitative estimate of drug-likeness (QED) is 0.423. The molecule has 0 aromatic heterocycles. The molecule has 1 aromatic rings. The van der Waals surface area contributed by atoms with Crippen molar-refractivity contribution < 1.29 is 9.53 Å². The average molecular weight is 265 g/mol. The van der Waals surface area contributed by atoms with Crippen molar-refractivity contribution >= 4 is 5.91 Å². The zero-order valence-corrected chi connectivity index (χ0v) is 11.7. The predicted molar refractivity (Wildman–Crippen MR) is 76.0 cm³/mol. The summed E-state index contributed by atoms with van der Waals surface area (Å²) in [5.74, 6) is 5.52. The van der Waals surface area contributed by atoms with E-state index >= 15 is 0 Å². The number of nitrogens with one attached hydrogen (secondary N) is 1. The Morgan fingerprint density at radius 3 is 2.58 bits per heavy atom. The molecule has 5 nitrogen and oxygen atoms in total. The molecule has 0 spiro atoms. The number of ether oxygens (including phenoxy) is 1. The van der Waals surface area contributed by atoms with E-state index in [9.17, 15) is 4.79 Å². The second-order valence-electron chi connectivity index (χ2n) is 4.50. The summed E-state index contributed by atoms with van der Waals surface area (Å²) in [5.41, 5.74) is 2.62. The van der Waals surface area contributed by atoms with Gasteiger partial charge in [-0.15, -0.1) is 0 Å². The zero-order chi connectivity index (χ0) is 14.1. The summed E-state index contributed by atoms with van der Waals surface area (Å²) in [4.78, 5) is 13.5. The van der Waals surface area contributed by atoms with Crippen LogP contribution in [-0.2, 0) is 0 Å². The van der Waals surface area contributed by atoms with Gasteiger partial charge in [0.15, 0.2) is 0 Å². The smallest absolute Gasteiger partial charge is 0.265 e. The Labute approximate surface area is 114 Å². The number of carbonyl (C=O) groups is 1. The van der Waals surface area contributed by atoms with Gasteiger partial charge in [-0.1, -0.05) is 13.3 Å². The van der Waals surface area contributed by atoms with Crippen LogP contribution < -0.4 is 16.0 Å². The largest absolute Gasteiger partial charge is 0.492 e. The molecule has 5 heteroatoms. The SMILES string of the molecule is CCCCN(C)CCOc1ccc(C(=O)NN)cc1. The Balaban J connectivity index is 2.32. The summed E-state index contributed by atoms with van der Waals surface area (Å²) < 4.78 is 5.62. The van der Waals surface area contributed by atoms with Crippen LogP contribution in [0.5, 0.6) is 5.75 Å². The van der Waals surface area contributed by atoms with Crippen molar-refractivity contribution in [1.29, 1.82) is 0 Å². The molecule has 0 saturated heterocycles. The number of hydrazine groups is 1. The Morgan fingerprint density at radius 1 is 1.32 bits per heavy atom. The zero-order valence-electron chi connectivity index (χ0n) is 11.7. The maximum absolute atomic E-state index is 11.2. The van der Waals surface area contributed by atoms with Crippen molar-refractivity contribution in [3.63, 3.8) is 0 Å². The number of rotatable bonds is 8. The van der Waals surface area contributed by atoms with Gasteiger partial charge >= 0.3 is 0 Å². The van der Waals surface area contributed by atoms with Gasteiger partial charge in [-0.3, -0.25) is 10.2 Å². The number of hydrogen-bond acceptors (Lipinski definition) is 4. The molecule has 1 rings (SSSR count). The van der Waals surface area contributed by atoms with E-state index in [1.54, 1.807) is 24.3 Å².